The van der Waals surface area contributed by atoms with Crippen LogP contribution < -0.4 is 11.3 Å². The van der Waals surface area contributed by atoms with Gasteiger partial charge >= 0.3 is 0 Å². The summed E-state index contributed by atoms with van der Waals surface area (Å²) in [6.45, 7) is 3.95. The lowest BCUT2D eigenvalue weighted by atomic mass is 9.98. The van der Waals surface area contributed by atoms with E-state index in [2.05, 4.69) is 10.5 Å². The van der Waals surface area contributed by atoms with Crippen LogP contribution in [-0.2, 0) is 13.5 Å². The molecule has 4 nitrogen and oxygen atoms in total. The standard InChI is InChI=1S/C15H20F2N4/c1-9-12(10(2)21(3)20-9)6-7-15(19-18)13-5-4-11(16)8-14(13)17/h4-5,8,15,19H,6-7,18H2,1-3H3. The predicted octanol–water partition coefficient (Wildman–Crippen LogP) is 2.45. The van der Waals surface area contributed by atoms with Crippen LogP contribution in [0.15, 0.2) is 18.2 Å². The number of hydrazine groups is 1. The molecule has 1 aromatic carbocycles. The predicted molar refractivity (Wildman–Crippen MR) is 77.4 cm³/mol. The molecule has 0 bridgehead atoms. The number of benzene rings is 1. The second-order valence-corrected chi connectivity index (χ2v) is 5.20. The summed E-state index contributed by atoms with van der Waals surface area (Å²) >= 11 is 0. The minimum Gasteiger partial charge on any atom is -0.272 e. The van der Waals surface area contributed by atoms with Crippen molar-refractivity contribution in [1.29, 1.82) is 0 Å². The van der Waals surface area contributed by atoms with E-state index >= 15 is 0 Å². The Balaban J connectivity index is 2.16. The van der Waals surface area contributed by atoms with Gasteiger partial charge in [0.1, 0.15) is 11.6 Å². The summed E-state index contributed by atoms with van der Waals surface area (Å²) in [5, 5.41) is 4.36. The molecule has 0 aliphatic rings. The maximum absolute atomic E-state index is 13.8. The molecule has 0 saturated heterocycles. The Morgan fingerprint density at radius 3 is 2.57 bits per heavy atom. The van der Waals surface area contributed by atoms with Gasteiger partial charge in [-0.3, -0.25) is 16.0 Å². The Kier molecular flexibility index (Phi) is 4.69. The van der Waals surface area contributed by atoms with E-state index in [0.717, 1.165) is 29.4 Å². The highest BCUT2D eigenvalue weighted by Gasteiger charge is 2.17. The van der Waals surface area contributed by atoms with Gasteiger partial charge in [0.15, 0.2) is 0 Å². The number of nitrogens with two attached hydrogens (primary N) is 1. The molecule has 0 aliphatic heterocycles. The lowest BCUT2D eigenvalue weighted by Gasteiger charge is -2.17. The van der Waals surface area contributed by atoms with Gasteiger partial charge < -0.3 is 0 Å². The zero-order valence-corrected chi connectivity index (χ0v) is 12.5. The van der Waals surface area contributed by atoms with E-state index in [1.807, 2.05) is 25.6 Å². The van der Waals surface area contributed by atoms with Crippen LogP contribution in [0, 0.1) is 25.5 Å². The molecule has 0 saturated carbocycles. The SMILES string of the molecule is Cc1nn(C)c(C)c1CCC(NN)c1ccc(F)cc1F. The maximum Gasteiger partial charge on any atom is 0.130 e. The minimum atomic E-state index is -0.592. The summed E-state index contributed by atoms with van der Waals surface area (Å²) in [7, 11) is 1.89. The van der Waals surface area contributed by atoms with E-state index in [4.69, 9.17) is 5.84 Å². The Labute approximate surface area is 122 Å². The Morgan fingerprint density at radius 1 is 1.33 bits per heavy atom. The smallest absolute Gasteiger partial charge is 0.130 e. The number of aromatic nitrogens is 2. The molecule has 2 aromatic rings. The molecule has 0 aliphatic carbocycles. The van der Waals surface area contributed by atoms with Crippen molar-refractivity contribution in [1.82, 2.24) is 15.2 Å². The van der Waals surface area contributed by atoms with Crippen molar-refractivity contribution in [3.63, 3.8) is 0 Å². The number of rotatable bonds is 5. The molecule has 3 N–H and O–H groups in total. The molecular formula is C15H20F2N4. The van der Waals surface area contributed by atoms with E-state index in [9.17, 15) is 8.78 Å². The summed E-state index contributed by atoms with van der Waals surface area (Å²) in [6.07, 6.45) is 1.32. The Morgan fingerprint density at radius 2 is 2.05 bits per heavy atom. The van der Waals surface area contributed by atoms with Crippen molar-refractivity contribution in [2.24, 2.45) is 12.9 Å². The minimum absolute atomic E-state index is 0.371. The molecule has 6 heteroatoms. The Hall–Kier alpha value is -1.79. The number of hydrogen-bond donors (Lipinski definition) is 2. The van der Waals surface area contributed by atoms with E-state index < -0.39 is 11.6 Å². The normalized spacial score (nSPS) is 12.7. The first-order chi connectivity index (χ1) is 9.93. The first-order valence-corrected chi connectivity index (χ1v) is 6.84. The number of hydrogen-bond acceptors (Lipinski definition) is 3. The third-order valence-corrected chi connectivity index (χ3v) is 3.88. The van der Waals surface area contributed by atoms with E-state index in [-0.39, 0.29) is 6.04 Å². The summed E-state index contributed by atoms with van der Waals surface area (Å²) in [4.78, 5) is 0. The highest BCUT2D eigenvalue weighted by molar-refractivity contribution is 5.26. The second-order valence-electron chi connectivity index (χ2n) is 5.20. The van der Waals surface area contributed by atoms with Crippen LogP contribution >= 0.6 is 0 Å². The van der Waals surface area contributed by atoms with Gasteiger partial charge in [-0.2, -0.15) is 5.10 Å². The van der Waals surface area contributed by atoms with Gasteiger partial charge in [-0.05, 0) is 38.3 Å². The molecule has 114 valence electrons. The summed E-state index contributed by atoms with van der Waals surface area (Å²) in [6, 6.07) is 3.17. The highest BCUT2D eigenvalue weighted by atomic mass is 19.1. The van der Waals surface area contributed by atoms with Gasteiger partial charge in [-0.25, -0.2) is 8.78 Å². The first-order valence-electron chi connectivity index (χ1n) is 6.84. The van der Waals surface area contributed by atoms with E-state index in [1.165, 1.54) is 12.1 Å². The van der Waals surface area contributed by atoms with Crippen molar-refractivity contribution < 1.29 is 8.78 Å². The average molecular weight is 294 g/mol. The number of aryl methyl sites for hydroxylation is 2. The first kappa shape index (κ1) is 15.6. The van der Waals surface area contributed by atoms with Gasteiger partial charge in [-0.15, -0.1) is 0 Å². The van der Waals surface area contributed by atoms with Gasteiger partial charge in [-0.1, -0.05) is 6.07 Å². The number of nitrogens with one attached hydrogen (secondary N) is 1. The monoisotopic (exact) mass is 294 g/mol. The number of halogens is 2. The molecule has 21 heavy (non-hydrogen) atoms. The molecule has 1 atom stereocenters. The lowest BCUT2D eigenvalue weighted by molar-refractivity contribution is 0.479. The van der Waals surface area contributed by atoms with E-state index in [0.29, 0.717) is 12.0 Å². The zero-order chi connectivity index (χ0) is 15.6. The van der Waals surface area contributed by atoms with Crippen LogP contribution in [0.25, 0.3) is 0 Å². The summed E-state index contributed by atoms with van der Waals surface area (Å²) in [5.41, 5.74) is 6.17. The van der Waals surface area contributed by atoms with Crippen molar-refractivity contribution in [2.45, 2.75) is 32.7 Å². The van der Waals surface area contributed by atoms with Crippen LogP contribution in [-0.4, -0.2) is 9.78 Å². The zero-order valence-electron chi connectivity index (χ0n) is 12.5. The summed E-state index contributed by atoms with van der Waals surface area (Å²) < 4.78 is 28.6. The molecule has 2 rings (SSSR count). The van der Waals surface area contributed by atoms with E-state index in [1.54, 1.807) is 0 Å². The quantitative estimate of drug-likeness (QED) is 0.658. The molecule has 1 unspecified atom stereocenters. The fraction of sp³-hybridized carbons (Fsp3) is 0.400. The second kappa shape index (κ2) is 6.32. The fourth-order valence-electron chi connectivity index (χ4n) is 2.58. The molecule has 0 spiro atoms. The molecule has 0 fully saturated rings. The van der Waals surface area contributed by atoms with Crippen LogP contribution in [0.5, 0.6) is 0 Å². The number of nitrogens with zero attached hydrogens (tertiary/aromatic N) is 2. The van der Waals surface area contributed by atoms with Crippen molar-refractivity contribution in [3.8, 4) is 0 Å². The highest BCUT2D eigenvalue weighted by Crippen LogP contribution is 2.24. The van der Waals surface area contributed by atoms with Gasteiger partial charge in [0.25, 0.3) is 0 Å². The third-order valence-electron chi connectivity index (χ3n) is 3.88. The molecule has 0 amide bonds. The molecular weight excluding hydrogens is 274 g/mol. The average Bonchev–Trinajstić information content (AvgIpc) is 2.67. The Bertz CT molecular complexity index is 637. The van der Waals surface area contributed by atoms with Crippen LogP contribution in [0.4, 0.5) is 8.78 Å². The molecule has 1 heterocycles. The fourth-order valence-corrected chi connectivity index (χ4v) is 2.58. The van der Waals surface area contributed by atoms with Crippen LogP contribution in [0.1, 0.15) is 35.0 Å². The maximum atomic E-state index is 13.8. The molecule has 0 radical (unpaired) electrons. The van der Waals surface area contributed by atoms with Gasteiger partial charge in [0.2, 0.25) is 0 Å². The van der Waals surface area contributed by atoms with Gasteiger partial charge in [0.05, 0.1) is 5.69 Å². The lowest BCUT2D eigenvalue weighted by Crippen LogP contribution is -2.29. The third kappa shape index (κ3) is 3.28. The molecule has 1 aromatic heterocycles. The van der Waals surface area contributed by atoms with Crippen LogP contribution in [0.2, 0.25) is 0 Å². The van der Waals surface area contributed by atoms with Gasteiger partial charge in [0, 0.05) is 30.4 Å². The van der Waals surface area contributed by atoms with Crippen molar-refractivity contribution in [2.75, 3.05) is 0 Å². The summed E-state index contributed by atoms with van der Waals surface area (Å²) in [5.74, 6) is 4.35. The largest absolute Gasteiger partial charge is 0.272 e. The topological polar surface area (TPSA) is 55.9 Å². The van der Waals surface area contributed by atoms with Crippen LogP contribution in [0.3, 0.4) is 0 Å². The van der Waals surface area contributed by atoms with Crippen molar-refractivity contribution >= 4 is 0 Å². The van der Waals surface area contributed by atoms with Crippen molar-refractivity contribution in [3.05, 3.63) is 52.3 Å².